The van der Waals surface area contributed by atoms with Gasteiger partial charge in [-0.15, -0.1) is 0 Å². The average molecular weight is 268 g/mol. The van der Waals surface area contributed by atoms with E-state index in [1.807, 2.05) is 0 Å². The molecule has 0 saturated heterocycles. The van der Waals surface area contributed by atoms with E-state index in [0.717, 1.165) is 0 Å². The molecule has 73 valence electrons. The maximum absolute atomic E-state index is 12.5. The van der Waals surface area contributed by atoms with Crippen LogP contribution < -0.4 is 12.4 Å². The van der Waals surface area contributed by atoms with Crippen molar-refractivity contribution in [3.63, 3.8) is 0 Å². The van der Waals surface area contributed by atoms with Crippen molar-refractivity contribution in [2.24, 2.45) is 0 Å². The number of ether oxygens (including phenoxy) is 1. The van der Waals surface area contributed by atoms with Gasteiger partial charge in [0.1, 0.15) is 5.82 Å². The van der Waals surface area contributed by atoms with Crippen molar-refractivity contribution in [2.45, 2.75) is 6.92 Å². The second kappa shape index (κ2) is 7.89. The minimum atomic E-state index is -0.555. The summed E-state index contributed by atoms with van der Waals surface area (Å²) in [6, 6.07) is 6.38. The molecule has 1 radical (unpaired) electrons. The van der Waals surface area contributed by atoms with Crippen molar-refractivity contribution < 1.29 is 45.8 Å². The van der Waals surface area contributed by atoms with Gasteiger partial charge in [0.15, 0.2) is 0 Å². The van der Waals surface area contributed by atoms with Crippen LogP contribution in [0.5, 0.6) is 0 Å². The number of carbonyl (C=O) groups excluding carboxylic acids is 1. The van der Waals surface area contributed by atoms with Crippen LogP contribution in [-0.4, -0.2) is 12.6 Å². The van der Waals surface area contributed by atoms with Gasteiger partial charge in [0.2, 0.25) is 0 Å². The van der Waals surface area contributed by atoms with Crippen LogP contribution in [0.4, 0.5) is 4.39 Å². The summed E-state index contributed by atoms with van der Waals surface area (Å²) in [5.74, 6) is -1.10. The van der Waals surface area contributed by atoms with Gasteiger partial charge in [-0.2, -0.15) is 0 Å². The SMILES string of the molecule is CCOC(=O)c1[c]c(F)ccc1.[Cl-].[Zn]. The van der Waals surface area contributed by atoms with Crippen molar-refractivity contribution >= 4 is 5.97 Å². The second-order valence-corrected chi connectivity index (χ2v) is 2.13. The fourth-order valence-corrected chi connectivity index (χ4v) is 0.769. The van der Waals surface area contributed by atoms with Crippen molar-refractivity contribution in [1.82, 2.24) is 0 Å². The van der Waals surface area contributed by atoms with Crippen LogP contribution in [-0.2, 0) is 24.2 Å². The van der Waals surface area contributed by atoms with E-state index >= 15 is 0 Å². The fraction of sp³-hybridized carbons (Fsp3) is 0.222. The number of carbonyl (C=O) groups is 1. The smallest absolute Gasteiger partial charge is 0.338 e. The summed E-state index contributed by atoms with van der Waals surface area (Å²) < 4.78 is 17.2. The number of esters is 1. The minimum Gasteiger partial charge on any atom is -1.00 e. The van der Waals surface area contributed by atoms with E-state index in [1.54, 1.807) is 6.92 Å². The zero-order chi connectivity index (χ0) is 8.97. The molecule has 1 aromatic carbocycles. The first kappa shape index (κ1) is 16.0. The Labute approximate surface area is 101 Å². The maximum Gasteiger partial charge on any atom is 0.338 e. The van der Waals surface area contributed by atoms with Crippen LogP contribution in [0.3, 0.4) is 0 Å². The summed E-state index contributed by atoms with van der Waals surface area (Å²) in [6.45, 7) is 1.97. The van der Waals surface area contributed by atoms with Gasteiger partial charge in [-0.25, -0.2) is 9.18 Å². The van der Waals surface area contributed by atoms with Gasteiger partial charge >= 0.3 is 5.97 Å². The zero-order valence-corrected chi connectivity index (χ0v) is 11.4. The van der Waals surface area contributed by atoms with Crippen molar-refractivity contribution in [3.05, 3.63) is 35.6 Å². The summed E-state index contributed by atoms with van der Waals surface area (Å²) in [4.78, 5) is 11.0. The molecule has 0 fully saturated rings. The molecule has 1 aromatic rings. The molecule has 2 nitrogen and oxygen atoms in total. The van der Waals surface area contributed by atoms with Crippen molar-refractivity contribution in [1.29, 1.82) is 0 Å². The molecule has 0 saturated carbocycles. The molecule has 0 bridgehead atoms. The zero-order valence-electron chi connectivity index (χ0n) is 7.72. The Balaban J connectivity index is 0. The molecule has 0 heterocycles. The molecule has 0 atom stereocenters. The molecule has 0 aliphatic carbocycles. The second-order valence-electron chi connectivity index (χ2n) is 2.13. The third-order valence-electron chi connectivity index (χ3n) is 1.25. The van der Waals surface area contributed by atoms with Crippen LogP contribution in [0.15, 0.2) is 18.2 Å². The third-order valence-corrected chi connectivity index (χ3v) is 1.25. The molecule has 14 heavy (non-hydrogen) atoms. The molecule has 0 aliphatic heterocycles. The first-order valence-electron chi connectivity index (χ1n) is 3.59. The fourth-order valence-electron chi connectivity index (χ4n) is 0.769. The van der Waals surface area contributed by atoms with Crippen LogP contribution >= 0.6 is 0 Å². The topological polar surface area (TPSA) is 26.3 Å². The molecule has 1 rings (SSSR count). The summed E-state index contributed by atoms with van der Waals surface area (Å²) in [5, 5.41) is 0. The van der Waals surface area contributed by atoms with E-state index < -0.39 is 11.8 Å². The standard InChI is InChI=1S/C9H8FO2.ClH.Zn/c1-2-12-9(11)7-4-3-5-8(10)6-7;;/h3-5H,2H2,1H3;1H;/p-1. The molecule has 0 aliphatic rings. The first-order valence-corrected chi connectivity index (χ1v) is 3.59. The van der Waals surface area contributed by atoms with Gasteiger partial charge in [0, 0.05) is 25.5 Å². The van der Waals surface area contributed by atoms with Gasteiger partial charge in [-0.1, -0.05) is 6.07 Å². The Hall–Kier alpha value is -0.467. The van der Waals surface area contributed by atoms with Gasteiger partial charge in [0.25, 0.3) is 0 Å². The van der Waals surface area contributed by atoms with Gasteiger partial charge in [-0.3, -0.25) is 0 Å². The van der Waals surface area contributed by atoms with E-state index in [0.29, 0.717) is 0 Å². The predicted octanol–water partition coefficient (Wildman–Crippen LogP) is -1.20. The molecular weight excluding hydrogens is 260 g/mol. The maximum atomic E-state index is 12.5. The van der Waals surface area contributed by atoms with E-state index in [9.17, 15) is 9.18 Å². The molecule has 0 unspecified atom stereocenters. The Morgan fingerprint density at radius 1 is 1.57 bits per heavy atom. The Kier molecular flexibility index (Phi) is 9.01. The number of rotatable bonds is 2. The molecular formula is C9H8ClFO2Zn-. The van der Waals surface area contributed by atoms with Crippen LogP contribution in [0, 0.1) is 11.9 Å². The number of benzene rings is 1. The molecule has 0 spiro atoms. The first-order chi connectivity index (χ1) is 5.74. The Morgan fingerprint density at radius 2 is 2.21 bits per heavy atom. The molecule has 0 aromatic heterocycles. The minimum absolute atomic E-state index is 0. The van der Waals surface area contributed by atoms with Crippen LogP contribution in [0.2, 0.25) is 0 Å². The molecule has 5 heteroatoms. The van der Waals surface area contributed by atoms with Crippen molar-refractivity contribution in [2.75, 3.05) is 6.61 Å². The molecule has 0 amide bonds. The van der Waals surface area contributed by atoms with Gasteiger partial charge in [-0.05, 0) is 19.1 Å². The monoisotopic (exact) mass is 266 g/mol. The Bertz CT molecular complexity index is 294. The molecule has 0 N–H and O–H groups in total. The van der Waals surface area contributed by atoms with E-state index in [4.69, 9.17) is 0 Å². The summed E-state index contributed by atoms with van der Waals surface area (Å²) in [5.41, 5.74) is 0.122. The predicted molar refractivity (Wildman–Crippen MR) is 41.2 cm³/mol. The quantitative estimate of drug-likeness (QED) is 0.497. The van der Waals surface area contributed by atoms with Crippen LogP contribution in [0.25, 0.3) is 0 Å². The van der Waals surface area contributed by atoms with E-state index in [-0.39, 0.29) is 44.1 Å². The van der Waals surface area contributed by atoms with E-state index in [2.05, 4.69) is 10.8 Å². The number of hydrogen-bond acceptors (Lipinski definition) is 2. The third kappa shape index (κ3) is 4.68. The summed E-state index contributed by atoms with van der Waals surface area (Å²) in [7, 11) is 0. The largest absolute Gasteiger partial charge is 1.00 e. The normalized spacial score (nSPS) is 8.14. The van der Waals surface area contributed by atoms with E-state index in [1.165, 1.54) is 18.2 Å². The summed E-state index contributed by atoms with van der Waals surface area (Å²) in [6.07, 6.45) is 0. The van der Waals surface area contributed by atoms with Crippen molar-refractivity contribution in [3.8, 4) is 0 Å². The van der Waals surface area contributed by atoms with Gasteiger partial charge < -0.3 is 17.1 Å². The average Bonchev–Trinajstić information content (AvgIpc) is 2.05. The van der Waals surface area contributed by atoms with Crippen LogP contribution in [0.1, 0.15) is 17.3 Å². The Morgan fingerprint density at radius 3 is 2.71 bits per heavy atom. The van der Waals surface area contributed by atoms with Gasteiger partial charge in [0.05, 0.1) is 12.2 Å². The number of hydrogen-bond donors (Lipinski definition) is 0. The summed E-state index contributed by atoms with van der Waals surface area (Å²) >= 11 is 0. The number of halogens is 2.